The third kappa shape index (κ3) is 4.13. The van der Waals surface area contributed by atoms with E-state index in [2.05, 4.69) is 4.98 Å². The number of methoxy groups -OCH3 is 3. The number of nitrogens with zero attached hydrogens (tertiary/aromatic N) is 1. The first-order chi connectivity index (χ1) is 14.6. The summed E-state index contributed by atoms with van der Waals surface area (Å²) in [6.07, 6.45) is 0.639. The Morgan fingerprint density at radius 3 is 2.50 bits per heavy atom. The SMILES string of the molecule is CCOc1cc(-c2nc(-c3cc(C=O)c(OC)c(C(=O)OC)c3)cs2)ccc1OC. The molecule has 0 radical (unpaired) electrons. The number of carbonyl (C=O) groups is 2. The highest BCUT2D eigenvalue weighted by Crippen LogP contribution is 2.36. The van der Waals surface area contributed by atoms with Gasteiger partial charge in [0.2, 0.25) is 0 Å². The molecule has 8 heteroatoms. The van der Waals surface area contributed by atoms with Gasteiger partial charge < -0.3 is 18.9 Å². The Labute approximate surface area is 178 Å². The maximum Gasteiger partial charge on any atom is 0.341 e. The Morgan fingerprint density at radius 2 is 1.87 bits per heavy atom. The van der Waals surface area contributed by atoms with Gasteiger partial charge in [-0.1, -0.05) is 0 Å². The maximum atomic E-state index is 12.2. The first kappa shape index (κ1) is 21.3. The van der Waals surface area contributed by atoms with E-state index in [-0.39, 0.29) is 16.9 Å². The average Bonchev–Trinajstić information content (AvgIpc) is 3.28. The van der Waals surface area contributed by atoms with Gasteiger partial charge in [0.05, 0.1) is 39.2 Å². The summed E-state index contributed by atoms with van der Waals surface area (Å²) >= 11 is 1.44. The summed E-state index contributed by atoms with van der Waals surface area (Å²) < 4.78 is 21.0. The van der Waals surface area contributed by atoms with Gasteiger partial charge in [-0.3, -0.25) is 4.79 Å². The van der Waals surface area contributed by atoms with Crippen LogP contribution < -0.4 is 14.2 Å². The van der Waals surface area contributed by atoms with Gasteiger partial charge in [0, 0.05) is 16.5 Å². The smallest absolute Gasteiger partial charge is 0.341 e. The molecule has 156 valence electrons. The van der Waals surface area contributed by atoms with Gasteiger partial charge in [0.1, 0.15) is 16.3 Å². The average molecular weight is 427 g/mol. The number of aromatic nitrogens is 1. The van der Waals surface area contributed by atoms with Crippen LogP contribution >= 0.6 is 11.3 Å². The van der Waals surface area contributed by atoms with Crippen LogP contribution in [0.5, 0.6) is 17.2 Å². The van der Waals surface area contributed by atoms with Crippen LogP contribution in [0.15, 0.2) is 35.7 Å². The molecule has 0 aliphatic carbocycles. The first-order valence-electron chi connectivity index (χ1n) is 9.08. The van der Waals surface area contributed by atoms with Crippen molar-refractivity contribution < 1.29 is 28.5 Å². The lowest BCUT2D eigenvalue weighted by Crippen LogP contribution is -2.06. The number of benzene rings is 2. The Kier molecular flexibility index (Phi) is 6.68. The minimum atomic E-state index is -0.594. The number of esters is 1. The van der Waals surface area contributed by atoms with E-state index in [1.165, 1.54) is 25.6 Å². The van der Waals surface area contributed by atoms with Crippen molar-refractivity contribution in [2.45, 2.75) is 6.92 Å². The maximum absolute atomic E-state index is 12.2. The highest BCUT2D eigenvalue weighted by atomic mass is 32.1. The minimum Gasteiger partial charge on any atom is -0.495 e. The van der Waals surface area contributed by atoms with Crippen LogP contribution in [0, 0.1) is 0 Å². The zero-order valence-corrected chi connectivity index (χ0v) is 17.9. The van der Waals surface area contributed by atoms with Crippen molar-refractivity contribution in [3.8, 4) is 39.1 Å². The zero-order chi connectivity index (χ0) is 21.7. The molecule has 0 amide bonds. The summed E-state index contributed by atoms with van der Waals surface area (Å²) in [6.45, 7) is 2.42. The molecule has 0 saturated carbocycles. The van der Waals surface area contributed by atoms with E-state index in [1.54, 1.807) is 19.2 Å². The third-order valence-corrected chi connectivity index (χ3v) is 5.26. The zero-order valence-electron chi connectivity index (χ0n) is 17.1. The predicted molar refractivity (Wildman–Crippen MR) is 114 cm³/mol. The third-order valence-electron chi connectivity index (χ3n) is 4.36. The molecule has 0 aliphatic heterocycles. The second kappa shape index (κ2) is 9.41. The summed E-state index contributed by atoms with van der Waals surface area (Å²) in [7, 11) is 4.26. The number of rotatable bonds is 8. The van der Waals surface area contributed by atoms with Gasteiger partial charge in [0.15, 0.2) is 17.8 Å². The van der Waals surface area contributed by atoms with E-state index >= 15 is 0 Å². The molecule has 1 aromatic heterocycles. The molecule has 1 heterocycles. The summed E-state index contributed by atoms with van der Waals surface area (Å²) in [5.74, 6) is 0.858. The van der Waals surface area contributed by atoms with Gasteiger partial charge in [0.25, 0.3) is 0 Å². The second-order valence-electron chi connectivity index (χ2n) is 6.09. The Balaban J connectivity index is 2.05. The summed E-state index contributed by atoms with van der Waals surface area (Å²) in [5, 5.41) is 2.62. The fourth-order valence-electron chi connectivity index (χ4n) is 2.99. The van der Waals surface area contributed by atoms with E-state index in [9.17, 15) is 9.59 Å². The van der Waals surface area contributed by atoms with Crippen molar-refractivity contribution in [2.24, 2.45) is 0 Å². The molecule has 0 spiro atoms. The minimum absolute atomic E-state index is 0.164. The summed E-state index contributed by atoms with van der Waals surface area (Å²) in [5.41, 5.74) is 2.51. The van der Waals surface area contributed by atoms with Crippen LogP contribution in [-0.2, 0) is 4.74 Å². The standard InChI is InChI=1S/C22H21NO6S/c1-5-29-19-10-13(6-7-18(19)26-2)21-23-17(12-30-21)14-8-15(11-24)20(27-3)16(9-14)22(25)28-4/h6-12H,5H2,1-4H3. The molecular weight excluding hydrogens is 406 g/mol. The van der Waals surface area contributed by atoms with Gasteiger partial charge in [-0.25, -0.2) is 9.78 Å². The fourth-order valence-corrected chi connectivity index (χ4v) is 3.82. The molecule has 3 aromatic rings. The number of carbonyl (C=O) groups excluding carboxylic acids is 2. The van der Waals surface area contributed by atoms with E-state index in [0.717, 1.165) is 10.6 Å². The Morgan fingerprint density at radius 1 is 1.07 bits per heavy atom. The molecule has 0 N–H and O–H groups in total. The predicted octanol–water partition coefficient (Wildman–Crippen LogP) is 4.49. The molecule has 0 saturated heterocycles. The number of hydrogen-bond acceptors (Lipinski definition) is 8. The van der Waals surface area contributed by atoms with Gasteiger partial charge in [-0.2, -0.15) is 0 Å². The number of hydrogen-bond donors (Lipinski definition) is 0. The fraction of sp³-hybridized carbons (Fsp3) is 0.227. The molecule has 0 aliphatic rings. The van der Waals surface area contributed by atoms with Crippen LogP contribution in [0.25, 0.3) is 21.8 Å². The van der Waals surface area contributed by atoms with E-state index in [0.29, 0.717) is 35.6 Å². The molecule has 0 bridgehead atoms. The highest BCUT2D eigenvalue weighted by molar-refractivity contribution is 7.13. The van der Waals surface area contributed by atoms with E-state index in [1.807, 2.05) is 30.5 Å². The molecule has 7 nitrogen and oxygen atoms in total. The Hall–Kier alpha value is -3.39. The van der Waals surface area contributed by atoms with Crippen LogP contribution in [0.1, 0.15) is 27.6 Å². The lowest BCUT2D eigenvalue weighted by atomic mass is 10.0. The van der Waals surface area contributed by atoms with Crippen molar-refractivity contribution in [1.29, 1.82) is 0 Å². The molecule has 0 fully saturated rings. The first-order valence-corrected chi connectivity index (χ1v) is 9.96. The van der Waals surface area contributed by atoms with Crippen LogP contribution in [0.2, 0.25) is 0 Å². The molecule has 3 rings (SSSR count). The van der Waals surface area contributed by atoms with Gasteiger partial charge >= 0.3 is 5.97 Å². The van der Waals surface area contributed by atoms with Crippen molar-refractivity contribution in [2.75, 3.05) is 27.9 Å². The number of thiazole rings is 1. The highest BCUT2D eigenvalue weighted by Gasteiger charge is 2.20. The quantitative estimate of drug-likeness (QED) is 0.387. The molecule has 2 aromatic carbocycles. The van der Waals surface area contributed by atoms with Gasteiger partial charge in [-0.05, 0) is 37.3 Å². The van der Waals surface area contributed by atoms with Crippen molar-refractivity contribution in [3.05, 3.63) is 46.8 Å². The largest absolute Gasteiger partial charge is 0.495 e. The van der Waals surface area contributed by atoms with E-state index < -0.39 is 5.97 Å². The van der Waals surface area contributed by atoms with Crippen molar-refractivity contribution in [1.82, 2.24) is 4.98 Å². The summed E-state index contributed by atoms with van der Waals surface area (Å²) in [6, 6.07) is 8.84. The normalized spacial score (nSPS) is 10.4. The van der Waals surface area contributed by atoms with Crippen molar-refractivity contribution >= 4 is 23.6 Å². The molecule has 0 atom stereocenters. The van der Waals surface area contributed by atoms with Gasteiger partial charge in [-0.15, -0.1) is 11.3 Å². The lowest BCUT2D eigenvalue weighted by molar-refractivity contribution is 0.0597. The number of ether oxygens (including phenoxy) is 4. The Bertz CT molecular complexity index is 1080. The second-order valence-corrected chi connectivity index (χ2v) is 6.95. The monoisotopic (exact) mass is 427 g/mol. The number of aldehydes is 1. The molecule has 30 heavy (non-hydrogen) atoms. The van der Waals surface area contributed by atoms with Crippen LogP contribution in [-0.4, -0.2) is 45.2 Å². The van der Waals surface area contributed by atoms with Crippen molar-refractivity contribution in [3.63, 3.8) is 0 Å². The summed E-state index contributed by atoms with van der Waals surface area (Å²) in [4.78, 5) is 28.4. The van der Waals surface area contributed by atoms with E-state index in [4.69, 9.17) is 18.9 Å². The lowest BCUT2D eigenvalue weighted by Gasteiger charge is -2.11. The molecular formula is C22H21NO6S. The van der Waals surface area contributed by atoms with Crippen LogP contribution in [0.3, 0.4) is 0 Å². The molecule has 0 unspecified atom stereocenters. The topological polar surface area (TPSA) is 84.0 Å². The van der Waals surface area contributed by atoms with Crippen LogP contribution in [0.4, 0.5) is 0 Å².